The van der Waals surface area contributed by atoms with Crippen LogP contribution in [0.2, 0.25) is 0 Å². The first kappa shape index (κ1) is 18.6. The van der Waals surface area contributed by atoms with Crippen LogP contribution in [0.3, 0.4) is 0 Å². The molecule has 4 heteroatoms. The van der Waals surface area contributed by atoms with Crippen LogP contribution in [0.1, 0.15) is 26.3 Å². The van der Waals surface area contributed by atoms with Crippen molar-refractivity contribution >= 4 is 43.2 Å². The highest BCUT2D eigenvalue weighted by Gasteiger charge is 2.23. The maximum Gasteiger partial charge on any atom is 0.270 e. The number of fused-ring (bicyclic) bond motifs is 2. The van der Waals surface area contributed by atoms with Crippen molar-refractivity contribution in [2.24, 2.45) is 0 Å². The zero-order valence-corrected chi connectivity index (χ0v) is 17.6. The van der Waals surface area contributed by atoms with Crippen molar-refractivity contribution in [3.8, 4) is 11.1 Å². The molecule has 28 heavy (non-hydrogen) atoms. The molecule has 0 fully saturated rings. The van der Waals surface area contributed by atoms with Crippen LogP contribution in [-0.2, 0) is 5.41 Å². The van der Waals surface area contributed by atoms with E-state index in [0.717, 1.165) is 15.6 Å². The Morgan fingerprint density at radius 1 is 0.821 bits per heavy atom. The molecular formula is C24H20BrNO2. The molecule has 3 nitrogen and oxygen atoms in total. The molecule has 0 aliphatic heterocycles. The summed E-state index contributed by atoms with van der Waals surface area (Å²) >= 11 is 3.55. The van der Waals surface area contributed by atoms with E-state index in [1.807, 2.05) is 6.07 Å². The third-order valence-electron chi connectivity index (χ3n) is 5.09. The summed E-state index contributed by atoms with van der Waals surface area (Å²) in [6.07, 6.45) is 0. The SMILES string of the molecule is CC(C)(C)c1c(-c2ccc([N+](=O)[O-])cc2Br)ccc2cc3ccccc3cc12. The van der Waals surface area contributed by atoms with Gasteiger partial charge in [0.05, 0.1) is 4.92 Å². The van der Waals surface area contributed by atoms with Gasteiger partial charge in [0, 0.05) is 16.6 Å². The van der Waals surface area contributed by atoms with Crippen LogP contribution in [0.25, 0.3) is 32.7 Å². The fourth-order valence-corrected chi connectivity index (χ4v) is 4.46. The van der Waals surface area contributed by atoms with Crippen molar-refractivity contribution in [3.05, 3.63) is 86.9 Å². The van der Waals surface area contributed by atoms with Gasteiger partial charge >= 0.3 is 0 Å². The largest absolute Gasteiger partial charge is 0.270 e. The van der Waals surface area contributed by atoms with E-state index in [1.54, 1.807) is 12.1 Å². The molecule has 140 valence electrons. The molecular weight excluding hydrogens is 414 g/mol. The lowest BCUT2D eigenvalue weighted by Gasteiger charge is -2.26. The fourth-order valence-electron chi connectivity index (χ4n) is 3.88. The van der Waals surface area contributed by atoms with Crippen molar-refractivity contribution in [1.82, 2.24) is 0 Å². The molecule has 4 aromatic rings. The molecule has 0 heterocycles. The van der Waals surface area contributed by atoms with Gasteiger partial charge in [-0.2, -0.15) is 0 Å². The van der Waals surface area contributed by atoms with Crippen LogP contribution >= 0.6 is 15.9 Å². The van der Waals surface area contributed by atoms with Crippen LogP contribution < -0.4 is 0 Å². The van der Waals surface area contributed by atoms with E-state index >= 15 is 0 Å². The van der Waals surface area contributed by atoms with Gasteiger partial charge < -0.3 is 0 Å². The average Bonchev–Trinajstić information content (AvgIpc) is 2.64. The van der Waals surface area contributed by atoms with Crippen LogP contribution in [0, 0.1) is 10.1 Å². The Morgan fingerprint density at radius 3 is 2.07 bits per heavy atom. The highest BCUT2D eigenvalue weighted by molar-refractivity contribution is 9.10. The molecule has 0 aliphatic rings. The number of hydrogen-bond donors (Lipinski definition) is 0. The number of nitro benzene ring substituents is 1. The minimum atomic E-state index is -0.369. The minimum absolute atomic E-state index is 0.0831. The molecule has 0 N–H and O–H groups in total. The van der Waals surface area contributed by atoms with Crippen molar-refractivity contribution in [2.75, 3.05) is 0 Å². The lowest BCUT2D eigenvalue weighted by atomic mass is 9.78. The van der Waals surface area contributed by atoms with E-state index in [0.29, 0.717) is 0 Å². The molecule has 0 aromatic heterocycles. The second-order valence-corrected chi connectivity index (χ2v) is 8.93. The van der Waals surface area contributed by atoms with E-state index in [4.69, 9.17) is 0 Å². The normalized spacial score (nSPS) is 11.9. The molecule has 0 saturated heterocycles. The van der Waals surface area contributed by atoms with Gasteiger partial charge in [0.1, 0.15) is 0 Å². The summed E-state index contributed by atoms with van der Waals surface area (Å²) in [5, 5.41) is 16.0. The minimum Gasteiger partial charge on any atom is -0.258 e. The highest BCUT2D eigenvalue weighted by Crippen LogP contribution is 2.42. The number of nitro groups is 1. The van der Waals surface area contributed by atoms with E-state index in [2.05, 4.69) is 85.2 Å². The lowest BCUT2D eigenvalue weighted by Crippen LogP contribution is -2.13. The van der Waals surface area contributed by atoms with E-state index in [9.17, 15) is 10.1 Å². The number of rotatable bonds is 2. The summed E-state index contributed by atoms with van der Waals surface area (Å²) < 4.78 is 0.729. The maximum atomic E-state index is 11.1. The third kappa shape index (κ3) is 3.18. The van der Waals surface area contributed by atoms with Crippen LogP contribution in [-0.4, -0.2) is 4.92 Å². The Kier molecular flexibility index (Phi) is 4.47. The molecule has 0 amide bonds. The first-order chi connectivity index (χ1) is 13.3. The molecule has 0 saturated carbocycles. The predicted octanol–water partition coefficient (Wildman–Crippen LogP) is 7.63. The Bertz CT molecular complexity index is 1240. The first-order valence-electron chi connectivity index (χ1n) is 9.16. The molecule has 0 atom stereocenters. The highest BCUT2D eigenvalue weighted by atomic mass is 79.9. The number of hydrogen-bond acceptors (Lipinski definition) is 2. The third-order valence-corrected chi connectivity index (χ3v) is 5.75. The topological polar surface area (TPSA) is 43.1 Å². The number of halogens is 1. The second-order valence-electron chi connectivity index (χ2n) is 8.08. The monoisotopic (exact) mass is 433 g/mol. The molecule has 0 spiro atoms. The summed E-state index contributed by atoms with van der Waals surface area (Å²) in [5.41, 5.74) is 3.28. The zero-order chi connectivity index (χ0) is 20.1. The fraction of sp³-hybridized carbons (Fsp3) is 0.167. The van der Waals surface area contributed by atoms with Gasteiger partial charge in [0.2, 0.25) is 0 Å². The Morgan fingerprint density at radius 2 is 1.46 bits per heavy atom. The zero-order valence-electron chi connectivity index (χ0n) is 16.0. The summed E-state index contributed by atoms with van der Waals surface area (Å²) in [7, 11) is 0. The van der Waals surface area contributed by atoms with Gasteiger partial charge in [0.15, 0.2) is 0 Å². The Labute approximate surface area is 172 Å². The molecule has 0 radical (unpaired) electrons. The lowest BCUT2D eigenvalue weighted by molar-refractivity contribution is -0.384. The molecule has 0 aliphatic carbocycles. The van der Waals surface area contributed by atoms with Crippen LogP contribution in [0.5, 0.6) is 0 Å². The molecule has 0 unspecified atom stereocenters. The first-order valence-corrected chi connectivity index (χ1v) is 9.95. The summed E-state index contributed by atoms with van der Waals surface area (Å²) in [5.74, 6) is 0. The average molecular weight is 434 g/mol. The molecule has 4 aromatic carbocycles. The van der Waals surface area contributed by atoms with E-state index in [1.165, 1.54) is 27.1 Å². The van der Waals surface area contributed by atoms with Gasteiger partial charge in [-0.3, -0.25) is 10.1 Å². The van der Waals surface area contributed by atoms with Gasteiger partial charge in [0.25, 0.3) is 5.69 Å². The van der Waals surface area contributed by atoms with Gasteiger partial charge in [-0.05, 0) is 77.8 Å². The van der Waals surface area contributed by atoms with Crippen molar-refractivity contribution < 1.29 is 4.92 Å². The van der Waals surface area contributed by atoms with Crippen molar-refractivity contribution in [3.63, 3.8) is 0 Å². The number of nitrogens with zero attached hydrogens (tertiary/aromatic N) is 1. The summed E-state index contributed by atoms with van der Waals surface area (Å²) in [4.78, 5) is 10.7. The maximum absolute atomic E-state index is 11.1. The number of benzene rings is 4. The summed E-state index contributed by atoms with van der Waals surface area (Å²) in [6, 6.07) is 22.1. The predicted molar refractivity (Wildman–Crippen MR) is 120 cm³/mol. The smallest absolute Gasteiger partial charge is 0.258 e. The van der Waals surface area contributed by atoms with Crippen molar-refractivity contribution in [2.45, 2.75) is 26.2 Å². The second kappa shape index (κ2) is 6.71. The molecule has 4 rings (SSSR count). The number of non-ortho nitro benzene ring substituents is 1. The Balaban J connectivity index is 2.06. The Hall–Kier alpha value is -2.72. The van der Waals surface area contributed by atoms with E-state index < -0.39 is 0 Å². The quantitative estimate of drug-likeness (QED) is 0.185. The van der Waals surface area contributed by atoms with Crippen molar-refractivity contribution in [1.29, 1.82) is 0 Å². The standard InChI is InChI=1S/C24H20BrNO2/c1-24(2,3)23-20(19-11-9-18(26(27)28)14-22(19)25)10-8-17-12-15-6-4-5-7-16(15)13-21(17)23/h4-14H,1-3H3. The summed E-state index contributed by atoms with van der Waals surface area (Å²) in [6.45, 7) is 6.62. The van der Waals surface area contributed by atoms with Crippen LogP contribution in [0.15, 0.2) is 71.2 Å². The van der Waals surface area contributed by atoms with Gasteiger partial charge in [-0.25, -0.2) is 0 Å². The van der Waals surface area contributed by atoms with Gasteiger partial charge in [-0.15, -0.1) is 0 Å². The van der Waals surface area contributed by atoms with E-state index in [-0.39, 0.29) is 16.0 Å². The van der Waals surface area contributed by atoms with Crippen LogP contribution in [0.4, 0.5) is 5.69 Å². The van der Waals surface area contributed by atoms with Gasteiger partial charge in [-0.1, -0.05) is 57.2 Å². The molecule has 0 bridgehead atoms.